The molecule has 1 aliphatic carbocycles. The van der Waals surface area contributed by atoms with E-state index in [0.717, 1.165) is 31.4 Å². The van der Waals surface area contributed by atoms with Gasteiger partial charge in [0.05, 0.1) is 5.25 Å². The normalized spacial score (nSPS) is 23.6. The van der Waals surface area contributed by atoms with E-state index in [-0.39, 0.29) is 17.2 Å². The van der Waals surface area contributed by atoms with E-state index in [1.54, 1.807) is 6.92 Å². The summed E-state index contributed by atoms with van der Waals surface area (Å²) in [5.41, 5.74) is 0. The fraction of sp³-hybridized carbons (Fsp3) is 0.562. The molecule has 3 atom stereocenters. The van der Waals surface area contributed by atoms with Crippen LogP contribution in [0.25, 0.3) is 0 Å². The monoisotopic (exact) mass is 313 g/mol. The van der Waals surface area contributed by atoms with Crippen LogP contribution in [0.4, 0.5) is 8.78 Å². The van der Waals surface area contributed by atoms with Gasteiger partial charge in [-0.3, -0.25) is 4.79 Å². The Balaban J connectivity index is 1.91. The molecule has 116 valence electrons. The van der Waals surface area contributed by atoms with E-state index in [2.05, 4.69) is 12.2 Å². The summed E-state index contributed by atoms with van der Waals surface area (Å²) in [6, 6.07) is 3.95. The van der Waals surface area contributed by atoms with Crippen molar-refractivity contribution in [2.45, 2.75) is 55.7 Å². The second-order valence-electron chi connectivity index (χ2n) is 5.71. The second kappa shape index (κ2) is 7.25. The van der Waals surface area contributed by atoms with Crippen LogP contribution >= 0.6 is 11.8 Å². The molecule has 0 heterocycles. The average Bonchev–Trinajstić information content (AvgIpc) is 2.45. The number of hydrogen-bond acceptors (Lipinski definition) is 2. The highest BCUT2D eigenvalue weighted by Crippen LogP contribution is 2.27. The van der Waals surface area contributed by atoms with Crippen molar-refractivity contribution >= 4 is 17.7 Å². The third-order valence-electron chi connectivity index (χ3n) is 4.01. The lowest BCUT2D eigenvalue weighted by atomic mass is 9.86. The zero-order chi connectivity index (χ0) is 15.4. The molecule has 1 N–H and O–H groups in total. The molecule has 21 heavy (non-hydrogen) atoms. The Hall–Kier alpha value is -1.10. The molecule has 1 saturated carbocycles. The smallest absolute Gasteiger partial charge is 0.233 e. The maximum absolute atomic E-state index is 13.2. The van der Waals surface area contributed by atoms with E-state index in [1.165, 1.54) is 24.2 Å². The summed E-state index contributed by atoms with van der Waals surface area (Å²) < 4.78 is 26.0. The summed E-state index contributed by atoms with van der Waals surface area (Å²) >= 11 is 1.25. The van der Waals surface area contributed by atoms with Crippen molar-refractivity contribution in [3.8, 4) is 0 Å². The number of amides is 1. The SMILES string of the molecule is CC(Sc1ccc(F)c(F)c1)C(=O)NC1CCCCC1C. The van der Waals surface area contributed by atoms with Crippen molar-refractivity contribution in [2.75, 3.05) is 0 Å². The molecule has 1 fully saturated rings. The topological polar surface area (TPSA) is 29.1 Å². The number of benzene rings is 1. The predicted molar refractivity (Wildman–Crippen MR) is 81.2 cm³/mol. The van der Waals surface area contributed by atoms with E-state index >= 15 is 0 Å². The standard InChI is InChI=1S/C16H21F2NOS/c1-10-5-3-4-6-15(10)19-16(20)11(2)21-12-7-8-13(17)14(18)9-12/h7-11,15H,3-6H2,1-2H3,(H,19,20). The molecule has 1 aliphatic rings. The Morgan fingerprint density at radius 2 is 2.00 bits per heavy atom. The summed E-state index contributed by atoms with van der Waals surface area (Å²) in [5, 5.41) is 2.76. The lowest BCUT2D eigenvalue weighted by Crippen LogP contribution is -2.44. The number of rotatable bonds is 4. The number of thioether (sulfide) groups is 1. The number of carbonyl (C=O) groups is 1. The molecule has 1 aromatic rings. The molecular weight excluding hydrogens is 292 g/mol. The van der Waals surface area contributed by atoms with Crippen LogP contribution in [0, 0.1) is 17.6 Å². The van der Waals surface area contributed by atoms with Crippen molar-refractivity contribution in [2.24, 2.45) is 5.92 Å². The van der Waals surface area contributed by atoms with Gasteiger partial charge in [0.1, 0.15) is 0 Å². The summed E-state index contributed by atoms with van der Waals surface area (Å²) in [5.74, 6) is -1.28. The molecule has 0 bridgehead atoms. The molecule has 2 nitrogen and oxygen atoms in total. The van der Waals surface area contributed by atoms with Gasteiger partial charge in [0.15, 0.2) is 11.6 Å². The molecule has 3 unspecified atom stereocenters. The summed E-state index contributed by atoms with van der Waals surface area (Å²) in [4.78, 5) is 12.8. The largest absolute Gasteiger partial charge is 0.352 e. The van der Waals surface area contributed by atoms with Gasteiger partial charge in [-0.25, -0.2) is 8.78 Å². The van der Waals surface area contributed by atoms with Crippen LogP contribution in [0.1, 0.15) is 39.5 Å². The maximum Gasteiger partial charge on any atom is 0.233 e. The number of nitrogens with one attached hydrogen (secondary N) is 1. The van der Waals surface area contributed by atoms with Crippen molar-refractivity contribution in [3.05, 3.63) is 29.8 Å². The highest BCUT2D eigenvalue weighted by atomic mass is 32.2. The first kappa shape index (κ1) is 16.3. The van der Waals surface area contributed by atoms with Gasteiger partial charge >= 0.3 is 0 Å². The first-order chi connectivity index (χ1) is 9.97. The Kier molecular flexibility index (Phi) is 5.62. The van der Waals surface area contributed by atoms with Crippen molar-refractivity contribution < 1.29 is 13.6 Å². The Morgan fingerprint density at radius 3 is 2.67 bits per heavy atom. The molecule has 0 aromatic heterocycles. The minimum absolute atomic E-state index is 0.0384. The van der Waals surface area contributed by atoms with Crippen LogP contribution in [-0.2, 0) is 4.79 Å². The van der Waals surface area contributed by atoms with Gasteiger partial charge < -0.3 is 5.32 Å². The molecule has 0 aliphatic heterocycles. The van der Waals surface area contributed by atoms with Crippen LogP contribution in [-0.4, -0.2) is 17.2 Å². The summed E-state index contributed by atoms with van der Waals surface area (Å²) in [6.45, 7) is 3.95. The molecule has 5 heteroatoms. The maximum atomic E-state index is 13.2. The van der Waals surface area contributed by atoms with Gasteiger partial charge in [-0.1, -0.05) is 19.8 Å². The van der Waals surface area contributed by atoms with Crippen molar-refractivity contribution in [3.63, 3.8) is 0 Å². The average molecular weight is 313 g/mol. The molecular formula is C16H21F2NOS. The van der Waals surface area contributed by atoms with Gasteiger partial charge in [-0.15, -0.1) is 11.8 Å². The van der Waals surface area contributed by atoms with Gasteiger partial charge in [-0.05, 0) is 43.9 Å². The zero-order valence-corrected chi connectivity index (χ0v) is 13.2. The third kappa shape index (κ3) is 4.43. The van der Waals surface area contributed by atoms with Gasteiger partial charge in [0.2, 0.25) is 5.91 Å². The Labute approximate surface area is 128 Å². The van der Waals surface area contributed by atoms with Crippen molar-refractivity contribution in [1.82, 2.24) is 5.32 Å². The molecule has 1 amide bonds. The fourth-order valence-corrected chi connectivity index (χ4v) is 3.54. The number of carbonyl (C=O) groups excluding carboxylic acids is 1. The molecule has 0 radical (unpaired) electrons. The zero-order valence-electron chi connectivity index (χ0n) is 12.4. The Morgan fingerprint density at radius 1 is 1.29 bits per heavy atom. The third-order valence-corrected chi connectivity index (χ3v) is 5.11. The second-order valence-corrected chi connectivity index (χ2v) is 7.13. The van der Waals surface area contributed by atoms with E-state index in [0.29, 0.717) is 10.8 Å². The van der Waals surface area contributed by atoms with Crippen LogP contribution in [0.15, 0.2) is 23.1 Å². The first-order valence-corrected chi connectivity index (χ1v) is 8.27. The van der Waals surface area contributed by atoms with Crippen LogP contribution in [0.3, 0.4) is 0 Å². The highest BCUT2D eigenvalue weighted by Gasteiger charge is 2.25. The van der Waals surface area contributed by atoms with E-state index in [1.807, 2.05) is 0 Å². The van der Waals surface area contributed by atoms with Crippen molar-refractivity contribution in [1.29, 1.82) is 0 Å². The van der Waals surface area contributed by atoms with Gasteiger partial charge in [0, 0.05) is 10.9 Å². The van der Waals surface area contributed by atoms with E-state index in [9.17, 15) is 13.6 Å². The summed E-state index contributed by atoms with van der Waals surface area (Å²) in [6.07, 6.45) is 4.55. The number of halogens is 2. The van der Waals surface area contributed by atoms with E-state index < -0.39 is 11.6 Å². The van der Waals surface area contributed by atoms with Crippen LogP contribution < -0.4 is 5.32 Å². The molecule has 0 saturated heterocycles. The minimum Gasteiger partial charge on any atom is -0.352 e. The quantitative estimate of drug-likeness (QED) is 0.846. The lowest BCUT2D eigenvalue weighted by molar-refractivity contribution is -0.121. The molecule has 2 rings (SSSR count). The first-order valence-electron chi connectivity index (χ1n) is 7.39. The van der Waals surface area contributed by atoms with Gasteiger partial charge in [0.25, 0.3) is 0 Å². The Bertz CT molecular complexity index is 509. The predicted octanol–water partition coefficient (Wildman–Crippen LogP) is 4.14. The highest BCUT2D eigenvalue weighted by molar-refractivity contribution is 8.00. The number of hydrogen-bond donors (Lipinski definition) is 1. The summed E-state index contributed by atoms with van der Waals surface area (Å²) in [7, 11) is 0. The molecule has 0 spiro atoms. The fourth-order valence-electron chi connectivity index (χ4n) is 2.64. The van der Waals surface area contributed by atoms with Crippen LogP contribution in [0.2, 0.25) is 0 Å². The molecule has 1 aromatic carbocycles. The van der Waals surface area contributed by atoms with Gasteiger partial charge in [-0.2, -0.15) is 0 Å². The van der Waals surface area contributed by atoms with E-state index in [4.69, 9.17) is 0 Å². The van der Waals surface area contributed by atoms with Crippen LogP contribution in [0.5, 0.6) is 0 Å². The minimum atomic E-state index is -0.881. The lowest BCUT2D eigenvalue weighted by Gasteiger charge is -2.30.